The maximum absolute atomic E-state index is 12.8. The number of furan rings is 1. The number of nitrogens with zero attached hydrogens (tertiary/aromatic N) is 2. The Morgan fingerprint density at radius 1 is 1.15 bits per heavy atom. The van der Waals surface area contributed by atoms with Gasteiger partial charge < -0.3 is 9.40 Å². The highest BCUT2D eigenvalue weighted by Gasteiger charge is 2.12. The molecule has 2 aromatic carbocycles. The van der Waals surface area contributed by atoms with Gasteiger partial charge in [0.15, 0.2) is 0 Å². The topological polar surface area (TPSA) is 63.3 Å². The van der Waals surface area contributed by atoms with Crippen LogP contribution >= 0.6 is 12.2 Å². The van der Waals surface area contributed by atoms with Crippen LogP contribution in [0.15, 0.2) is 62.8 Å². The Labute approximate surface area is 161 Å². The maximum Gasteiger partial charge on any atom is 0.282 e. The first kappa shape index (κ1) is 17.4. The van der Waals surface area contributed by atoms with Crippen molar-refractivity contribution in [2.45, 2.75) is 26.2 Å². The zero-order valence-corrected chi connectivity index (χ0v) is 15.8. The molecule has 2 aromatic heterocycles. The number of aromatic nitrogens is 2. The molecule has 0 aliphatic rings. The average molecular weight is 377 g/mol. The van der Waals surface area contributed by atoms with Crippen LogP contribution in [-0.4, -0.2) is 15.9 Å². The second-order valence-electron chi connectivity index (χ2n) is 6.38. The van der Waals surface area contributed by atoms with E-state index in [1.165, 1.54) is 4.68 Å². The van der Waals surface area contributed by atoms with Gasteiger partial charge in [-0.2, -0.15) is 9.78 Å². The molecule has 0 fully saturated rings. The average Bonchev–Trinajstić information content (AvgIpc) is 3.04. The Morgan fingerprint density at radius 3 is 2.70 bits per heavy atom. The zero-order valence-electron chi connectivity index (χ0n) is 14.9. The van der Waals surface area contributed by atoms with Crippen LogP contribution in [0.3, 0.4) is 0 Å². The summed E-state index contributed by atoms with van der Waals surface area (Å²) in [5, 5.41) is 5.93. The molecule has 0 spiro atoms. The van der Waals surface area contributed by atoms with E-state index in [1.54, 1.807) is 12.3 Å². The van der Waals surface area contributed by atoms with Crippen LogP contribution in [0.2, 0.25) is 0 Å². The summed E-state index contributed by atoms with van der Waals surface area (Å²) in [7, 11) is 0. The van der Waals surface area contributed by atoms with Crippen molar-refractivity contribution in [1.82, 2.24) is 9.66 Å². The predicted octanol–water partition coefficient (Wildman–Crippen LogP) is 5.03. The Balaban J connectivity index is 1.85. The Bertz CT molecular complexity index is 1260. The number of rotatable bonds is 5. The van der Waals surface area contributed by atoms with Crippen LogP contribution in [0.1, 0.15) is 31.1 Å². The van der Waals surface area contributed by atoms with E-state index in [0.29, 0.717) is 10.9 Å². The molecule has 1 N–H and O–H groups in total. The molecule has 0 aliphatic carbocycles. The first-order chi connectivity index (χ1) is 13.2. The number of H-pyrrole nitrogens is 1. The molecule has 27 heavy (non-hydrogen) atoms. The van der Waals surface area contributed by atoms with Gasteiger partial charge in [-0.1, -0.05) is 43.7 Å². The number of aromatic amines is 1. The molecule has 6 heteroatoms. The second-order valence-corrected chi connectivity index (χ2v) is 6.76. The third kappa shape index (κ3) is 3.24. The molecule has 4 aromatic rings. The predicted molar refractivity (Wildman–Crippen MR) is 111 cm³/mol. The fraction of sp³-hybridized carbons (Fsp3) is 0.190. The highest BCUT2D eigenvalue weighted by Crippen LogP contribution is 2.25. The van der Waals surface area contributed by atoms with E-state index >= 15 is 0 Å². The third-order valence-electron chi connectivity index (χ3n) is 4.55. The minimum atomic E-state index is -0.242. The standard InChI is InChI=1S/C21H19N3O2S/c1-2-3-11-19-16(14-8-5-7-12-18(14)26-19)13-22-24-20(25)15-9-4-6-10-17(15)23-21(24)27/h4-10,12-13H,2-3,11H2,1H3,(H,23,27). The summed E-state index contributed by atoms with van der Waals surface area (Å²) in [6, 6.07) is 15.1. The molecule has 136 valence electrons. The van der Waals surface area contributed by atoms with Crippen molar-refractivity contribution in [3.63, 3.8) is 0 Å². The van der Waals surface area contributed by atoms with Crippen molar-refractivity contribution < 1.29 is 4.42 Å². The zero-order chi connectivity index (χ0) is 18.8. The number of benzene rings is 2. The van der Waals surface area contributed by atoms with Gasteiger partial charge in [0.05, 0.1) is 17.1 Å². The SMILES string of the molecule is CCCCc1oc2ccccc2c1C=Nn1c(=S)[nH]c2ccccc2c1=O. The molecule has 4 rings (SSSR count). The number of nitrogens with one attached hydrogen (secondary N) is 1. The van der Waals surface area contributed by atoms with E-state index < -0.39 is 0 Å². The second kappa shape index (κ2) is 7.32. The van der Waals surface area contributed by atoms with Crippen molar-refractivity contribution >= 4 is 40.3 Å². The summed E-state index contributed by atoms with van der Waals surface area (Å²) in [6.07, 6.45) is 4.60. The fourth-order valence-electron chi connectivity index (χ4n) is 3.15. The van der Waals surface area contributed by atoms with E-state index in [4.69, 9.17) is 16.6 Å². The van der Waals surface area contributed by atoms with Gasteiger partial charge in [-0.3, -0.25) is 4.79 Å². The Kier molecular flexibility index (Phi) is 4.73. The normalized spacial score (nSPS) is 11.7. The maximum atomic E-state index is 12.8. The fourth-order valence-corrected chi connectivity index (χ4v) is 3.39. The van der Waals surface area contributed by atoms with Crippen molar-refractivity contribution in [2.75, 3.05) is 0 Å². The van der Waals surface area contributed by atoms with Crippen LogP contribution in [0, 0.1) is 4.77 Å². The first-order valence-electron chi connectivity index (χ1n) is 8.98. The number of fused-ring (bicyclic) bond motifs is 2. The summed E-state index contributed by atoms with van der Waals surface area (Å²) >= 11 is 5.33. The molecule has 0 unspecified atom stereocenters. The lowest BCUT2D eigenvalue weighted by molar-refractivity contribution is 0.536. The molecule has 5 nitrogen and oxygen atoms in total. The van der Waals surface area contributed by atoms with Crippen LogP contribution in [-0.2, 0) is 6.42 Å². The molecular weight excluding hydrogens is 358 g/mol. The van der Waals surface area contributed by atoms with Crippen molar-refractivity contribution in [3.05, 3.63) is 75.0 Å². The van der Waals surface area contributed by atoms with Crippen molar-refractivity contribution in [2.24, 2.45) is 5.10 Å². The first-order valence-corrected chi connectivity index (χ1v) is 9.38. The lowest BCUT2D eigenvalue weighted by Gasteiger charge is -2.02. The Morgan fingerprint density at radius 2 is 1.89 bits per heavy atom. The quantitative estimate of drug-likeness (QED) is 0.392. The van der Waals surface area contributed by atoms with Crippen LogP contribution < -0.4 is 5.56 Å². The molecule has 0 saturated heterocycles. The van der Waals surface area contributed by atoms with Crippen LogP contribution in [0.25, 0.3) is 21.9 Å². The molecule has 0 radical (unpaired) electrons. The van der Waals surface area contributed by atoms with E-state index in [0.717, 1.165) is 41.6 Å². The number of aryl methyl sites for hydroxylation is 1. The number of unbranched alkanes of at least 4 members (excludes halogenated alkanes) is 1. The van der Waals surface area contributed by atoms with Gasteiger partial charge in [-0.05, 0) is 36.8 Å². The van der Waals surface area contributed by atoms with E-state index in [1.807, 2.05) is 42.5 Å². The van der Waals surface area contributed by atoms with E-state index in [-0.39, 0.29) is 10.3 Å². The highest BCUT2D eigenvalue weighted by molar-refractivity contribution is 7.71. The van der Waals surface area contributed by atoms with Gasteiger partial charge in [0.2, 0.25) is 4.77 Å². The summed E-state index contributed by atoms with van der Waals surface area (Å²) in [5.74, 6) is 0.880. The molecule has 0 aliphatic heterocycles. The minimum Gasteiger partial charge on any atom is -0.460 e. The summed E-state index contributed by atoms with van der Waals surface area (Å²) in [4.78, 5) is 15.8. The van der Waals surface area contributed by atoms with Gasteiger partial charge in [0.1, 0.15) is 11.3 Å². The van der Waals surface area contributed by atoms with Crippen molar-refractivity contribution in [1.29, 1.82) is 0 Å². The van der Waals surface area contributed by atoms with Gasteiger partial charge >= 0.3 is 0 Å². The molecule has 0 atom stereocenters. The smallest absolute Gasteiger partial charge is 0.282 e. The van der Waals surface area contributed by atoms with Gasteiger partial charge in [0, 0.05) is 17.4 Å². The lowest BCUT2D eigenvalue weighted by atomic mass is 10.1. The highest BCUT2D eigenvalue weighted by atomic mass is 32.1. The minimum absolute atomic E-state index is 0.242. The van der Waals surface area contributed by atoms with Crippen LogP contribution in [0.5, 0.6) is 0 Å². The molecule has 0 amide bonds. The monoisotopic (exact) mass is 377 g/mol. The molecular formula is C21H19N3O2S. The number of hydrogen-bond donors (Lipinski definition) is 1. The summed E-state index contributed by atoms with van der Waals surface area (Å²) in [6.45, 7) is 2.14. The van der Waals surface area contributed by atoms with Gasteiger partial charge in [0.25, 0.3) is 5.56 Å². The summed E-state index contributed by atoms with van der Waals surface area (Å²) in [5.41, 5.74) is 2.18. The van der Waals surface area contributed by atoms with E-state index in [2.05, 4.69) is 17.0 Å². The molecule has 0 saturated carbocycles. The largest absolute Gasteiger partial charge is 0.460 e. The Hall–Kier alpha value is -2.99. The number of hydrogen-bond acceptors (Lipinski definition) is 4. The third-order valence-corrected chi connectivity index (χ3v) is 4.83. The van der Waals surface area contributed by atoms with Crippen LogP contribution in [0.4, 0.5) is 0 Å². The molecule has 0 bridgehead atoms. The number of para-hydroxylation sites is 2. The lowest BCUT2D eigenvalue weighted by Crippen LogP contribution is -2.18. The summed E-state index contributed by atoms with van der Waals surface area (Å²) < 4.78 is 7.50. The molecule has 2 heterocycles. The van der Waals surface area contributed by atoms with E-state index in [9.17, 15) is 4.79 Å². The van der Waals surface area contributed by atoms with Gasteiger partial charge in [-0.15, -0.1) is 0 Å². The van der Waals surface area contributed by atoms with Gasteiger partial charge in [-0.25, -0.2) is 0 Å². The van der Waals surface area contributed by atoms with Crippen molar-refractivity contribution in [3.8, 4) is 0 Å².